The molecule has 2 N–H and O–H groups in total. The average molecular weight is 262 g/mol. The Balaban J connectivity index is 1.83. The lowest BCUT2D eigenvalue weighted by atomic mass is 10.2. The third-order valence-electron chi connectivity index (χ3n) is 2.54. The molecule has 2 rings (SSSR count). The predicted molar refractivity (Wildman–Crippen MR) is 67.0 cm³/mol. The highest BCUT2D eigenvalue weighted by Gasteiger charge is 2.07. The maximum Gasteiger partial charge on any atom is 0.338 e. The molecule has 0 atom stereocenters. The summed E-state index contributed by atoms with van der Waals surface area (Å²) in [6.45, 7) is 1.07. The lowest BCUT2D eigenvalue weighted by Gasteiger charge is -2.03. The van der Waals surface area contributed by atoms with Crippen molar-refractivity contribution in [3.63, 3.8) is 0 Å². The molecule has 0 amide bonds. The molecule has 19 heavy (non-hydrogen) atoms. The van der Waals surface area contributed by atoms with Crippen LogP contribution < -0.4 is 10.1 Å². The number of carbonyl (C=O) groups is 1. The van der Waals surface area contributed by atoms with Crippen LogP contribution in [-0.4, -0.2) is 23.2 Å². The first-order chi connectivity index (χ1) is 9.19. The van der Waals surface area contributed by atoms with Gasteiger partial charge in [0, 0.05) is 18.8 Å². The van der Waals surface area contributed by atoms with Crippen LogP contribution in [-0.2, 0) is 13.1 Å². The number of carboxylic acid groups (broad SMARTS) is 1. The fraction of sp³-hybridized carbons (Fsp3) is 0.231. The highest BCUT2D eigenvalue weighted by Crippen LogP contribution is 2.09. The number of ether oxygens (including phenoxy) is 1. The maximum atomic E-state index is 10.7. The van der Waals surface area contributed by atoms with Crippen molar-refractivity contribution >= 4 is 5.97 Å². The zero-order valence-corrected chi connectivity index (χ0v) is 10.4. The normalized spacial score (nSPS) is 10.4. The van der Waals surface area contributed by atoms with Crippen LogP contribution in [0.25, 0.3) is 0 Å². The molecule has 2 heterocycles. The maximum absolute atomic E-state index is 10.7. The van der Waals surface area contributed by atoms with Crippen molar-refractivity contribution in [2.24, 2.45) is 0 Å². The summed E-state index contributed by atoms with van der Waals surface area (Å²) in [5.74, 6) is 0.161. The first-order valence-electron chi connectivity index (χ1n) is 5.69. The van der Waals surface area contributed by atoms with E-state index in [0.717, 1.165) is 5.56 Å². The summed E-state index contributed by atoms with van der Waals surface area (Å²) in [7, 11) is 1.57. The molecule has 0 aliphatic rings. The van der Waals surface area contributed by atoms with E-state index in [-0.39, 0.29) is 5.56 Å². The van der Waals surface area contributed by atoms with E-state index >= 15 is 0 Å². The monoisotopic (exact) mass is 262 g/mol. The summed E-state index contributed by atoms with van der Waals surface area (Å²) in [6.07, 6.45) is 2.95. The Morgan fingerprint density at radius 3 is 2.89 bits per heavy atom. The van der Waals surface area contributed by atoms with Crippen LogP contribution in [0.4, 0.5) is 0 Å². The molecular formula is C13H14N2O4. The lowest BCUT2D eigenvalue weighted by molar-refractivity contribution is 0.0696. The number of nitrogens with zero attached hydrogens (tertiary/aromatic N) is 1. The Morgan fingerprint density at radius 1 is 1.47 bits per heavy atom. The van der Waals surface area contributed by atoms with E-state index < -0.39 is 5.97 Å². The fourth-order valence-corrected chi connectivity index (χ4v) is 1.55. The number of hydrogen-bond donors (Lipinski definition) is 2. The minimum absolute atomic E-state index is 0.155. The van der Waals surface area contributed by atoms with Crippen molar-refractivity contribution in [1.29, 1.82) is 0 Å². The fourth-order valence-electron chi connectivity index (χ4n) is 1.55. The third kappa shape index (κ3) is 3.56. The van der Waals surface area contributed by atoms with Crippen LogP contribution in [0.2, 0.25) is 0 Å². The first-order valence-corrected chi connectivity index (χ1v) is 5.69. The molecule has 6 nitrogen and oxygen atoms in total. The predicted octanol–water partition coefficient (Wildman–Crippen LogP) is 1.67. The van der Waals surface area contributed by atoms with Gasteiger partial charge in [0.25, 0.3) is 0 Å². The number of furan rings is 1. The van der Waals surface area contributed by atoms with Crippen molar-refractivity contribution in [2.75, 3.05) is 7.11 Å². The number of hydrogen-bond acceptors (Lipinski definition) is 5. The molecule has 0 saturated heterocycles. The van der Waals surface area contributed by atoms with Gasteiger partial charge in [-0.15, -0.1) is 0 Å². The Hall–Kier alpha value is -2.34. The third-order valence-corrected chi connectivity index (χ3v) is 2.54. The molecule has 0 spiro atoms. The van der Waals surface area contributed by atoms with Crippen LogP contribution in [0.3, 0.4) is 0 Å². The number of aromatic nitrogens is 1. The van der Waals surface area contributed by atoms with Gasteiger partial charge in [0.2, 0.25) is 5.88 Å². The van der Waals surface area contributed by atoms with Crippen LogP contribution in [0.1, 0.15) is 21.7 Å². The summed E-state index contributed by atoms with van der Waals surface area (Å²) in [6, 6.07) is 5.19. The van der Waals surface area contributed by atoms with E-state index in [1.54, 1.807) is 19.4 Å². The number of pyridine rings is 1. The number of rotatable bonds is 6. The summed E-state index contributed by atoms with van der Waals surface area (Å²) in [5.41, 5.74) is 1.16. The van der Waals surface area contributed by atoms with Crippen LogP contribution >= 0.6 is 0 Å². The van der Waals surface area contributed by atoms with Gasteiger partial charge in [0.1, 0.15) is 12.0 Å². The molecular weight excluding hydrogens is 248 g/mol. The van der Waals surface area contributed by atoms with Gasteiger partial charge < -0.3 is 19.6 Å². The quantitative estimate of drug-likeness (QED) is 0.823. The second-order valence-electron chi connectivity index (χ2n) is 3.92. The van der Waals surface area contributed by atoms with Gasteiger partial charge in [-0.3, -0.25) is 0 Å². The summed E-state index contributed by atoms with van der Waals surface area (Å²) in [5, 5.41) is 11.9. The molecule has 2 aromatic heterocycles. The van der Waals surface area contributed by atoms with Gasteiger partial charge in [0.15, 0.2) is 0 Å². The Bertz CT molecular complexity index is 548. The molecule has 0 unspecified atom stereocenters. The molecule has 0 fully saturated rings. The van der Waals surface area contributed by atoms with E-state index in [1.807, 2.05) is 6.07 Å². The molecule has 2 aromatic rings. The van der Waals surface area contributed by atoms with Crippen molar-refractivity contribution in [2.45, 2.75) is 13.1 Å². The minimum Gasteiger partial charge on any atom is -0.481 e. The summed E-state index contributed by atoms with van der Waals surface area (Å²) < 4.78 is 10.1. The number of nitrogens with one attached hydrogen (secondary N) is 1. The second-order valence-corrected chi connectivity index (χ2v) is 3.92. The second kappa shape index (κ2) is 6.01. The van der Waals surface area contributed by atoms with Gasteiger partial charge in [0.05, 0.1) is 19.2 Å². The highest BCUT2D eigenvalue weighted by atomic mass is 16.5. The van der Waals surface area contributed by atoms with Crippen LogP contribution in [0, 0.1) is 0 Å². The summed E-state index contributed by atoms with van der Waals surface area (Å²) >= 11 is 0. The molecule has 0 aliphatic carbocycles. The van der Waals surface area contributed by atoms with E-state index in [0.29, 0.717) is 24.7 Å². The van der Waals surface area contributed by atoms with Crippen molar-refractivity contribution in [3.05, 3.63) is 47.5 Å². The SMILES string of the molecule is COc1ccc(CNCc2cc(C(=O)O)co2)cn1. The van der Waals surface area contributed by atoms with E-state index in [1.165, 1.54) is 12.3 Å². The first kappa shape index (κ1) is 13.1. The molecule has 0 radical (unpaired) electrons. The number of carboxylic acids is 1. The van der Waals surface area contributed by atoms with Crippen molar-refractivity contribution in [3.8, 4) is 5.88 Å². The van der Waals surface area contributed by atoms with Gasteiger partial charge in [-0.25, -0.2) is 9.78 Å². The van der Waals surface area contributed by atoms with Crippen LogP contribution in [0.5, 0.6) is 5.88 Å². The van der Waals surface area contributed by atoms with E-state index in [9.17, 15) is 4.79 Å². The Kier molecular flexibility index (Phi) is 4.15. The van der Waals surface area contributed by atoms with Gasteiger partial charge in [-0.05, 0) is 11.6 Å². The summed E-state index contributed by atoms with van der Waals surface area (Å²) in [4.78, 5) is 14.8. The highest BCUT2D eigenvalue weighted by molar-refractivity contribution is 5.87. The smallest absolute Gasteiger partial charge is 0.338 e. The Labute approximate surface area is 110 Å². The van der Waals surface area contributed by atoms with E-state index in [4.69, 9.17) is 14.3 Å². The zero-order valence-electron chi connectivity index (χ0n) is 10.4. The standard InChI is InChI=1S/C13H14N2O4/c1-18-12-3-2-9(6-15-12)5-14-7-11-4-10(8-19-11)13(16)17/h2-4,6,8,14H,5,7H2,1H3,(H,16,17). The van der Waals surface area contributed by atoms with Crippen molar-refractivity contribution < 1.29 is 19.1 Å². The van der Waals surface area contributed by atoms with Gasteiger partial charge in [-0.2, -0.15) is 0 Å². The largest absolute Gasteiger partial charge is 0.481 e. The van der Waals surface area contributed by atoms with Gasteiger partial charge in [-0.1, -0.05) is 6.07 Å². The topological polar surface area (TPSA) is 84.6 Å². The van der Waals surface area contributed by atoms with E-state index in [2.05, 4.69) is 10.3 Å². The molecule has 6 heteroatoms. The van der Waals surface area contributed by atoms with Crippen LogP contribution in [0.15, 0.2) is 35.1 Å². The average Bonchev–Trinajstić information content (AvgIpc) is 2.89. The Morgan fingerprint density at radius 2 is 2.32 bits per heavy atom. The van der Waals surface area contributed by atoms with Crippen molar-refractivity contribution in [1.82, 2.24) is 10.3 Å². The molecule has 0 aromatic carbocycles. The number of methoxy groups -OCH3 is 1. The van der Waals surface area contributed by atoms with Gasteiger partial charge >= 0.3 is 5.97 Å². The minimum atomic E-state index is -0.991. The molecule has 100 valence electrons. The lowest BCUT2D eigenvalue weighted by Crippen LogP contribution is -2.12. The zero-order chi connectivity index (χ0) is 13.7. The molecule has 0 bridgehead atoms. The number of aromatic carboxylic acids is 1. The molecule has 0 saturated carbocycles. The molecule has 0 aliphatic heterocycles.